The van der Waals surface area contributed by atoms with Crippen molar-refractivity contribution < 1.29 is 9.90 Å². The van der Waals surface area contributed by atoms with Gasteiger partial charge in [0.15, 0.2) is 0 Å². The molecule has 1 N–H and O–H groups in total. The number of hydrogen-bond acceptors (Lipinski definition) is 1. The summed E-state index contributed by atoms with van der Waals surface area (Å²) in [7, 11) is 0. The van der Waals surface area contributed by atoms with Crippen LogP contribution in [-0.4, -0.2) is 11.1 Å². The van der Waals surface area contributed by atoms with Crippen LogP contribution in [0.3, 0.4) is 0 Å². The van der Waals surface area contributed by atoms with E-state index in [1.807, 2.05) is 0 Å². The van der Waals surface area contributed by atoms with Gasteiger partial charge in [0.2, 0.25) is 0 Å². The smallest absolute Gasteiger partial charge is 0.306 e. The van der Waals surface area contributed by atoms with Crippen LogP contribution < -0.4 is 0 Å². The SMILES string of the molecule is CC(CC1CC1C(=O)O)c1cc2c(cc1Cl)CCCC2. The highest BCUT2D eigenvalue weighted by Gasteiger charge is 2.43. The molecule has 1 saturated carbocycles. The molecule has 0 amide bonds. The van der Waals surface area contributed by atoms with E-state index in [-0.39, 0.29) is 5.92 Å². The van der Waals surface area contributed by atoms with Gasteiger partial charge in [0.1, 0.15) is 0 Å². The number of hydrogen-bond donors (Lipinski definition) is 1. The van der Waals surface area contributed by atoms with E-state index < -0.39 is 5.97 Å². The molecule has 0 bridgehead atoms. The molecular formula is C17H21ClO2. The highest BCUT2D eigenvalue weighted by molar-refractivity contribution is 6.31. The summed E-state index contributed by atoms with van der Waals surface area (Å²) in [6, 6.07) is 4.42. The lowest BCUT2D eigenvalue weighted by atomic mass is 9.86. The number of halogens is 1. The molecule has 2 aliphatic rings. The second-order valence-corrected chi connectivity index (χ2v) is 6.83. The maximum absolute atomic E-state index is 10.9. The van der Waals surface area contributed by atoms with E-state index in [1.165, 1.54) is 29.5 Å². The fraction of sp³-hybridized carbons (Fsp3) is 0.588. The summed E-state index contributed by atoms with van der Waals surface area (Å²) >= 11 is 6.44. The molecule has 1 aromatic carbocycles. The summed E-state index contributed by atoms with van der Waals surface area (Å²) < 4.78 is 0. The first-order chi connectivity index (χ1) is 9.56. The van der Waals surface area contributed by atoms with Crippen molar-refractivity contribution in [1.82, 2.24) is 0 Å². The van der Waals surface area contributed by atoms with E-state index in [1.54, 1.807) is 0 Å². The molecule has 2 aliphatic carbocycles. The van der Waals surface area contributed by atoms with Crippen molar-refractivity contribution in [2.75, 3.05) is 0 Å². The molecule has 3 atom stereocenters. The first-order valence-electron chi connectivity index (χ1n) is 7.60. The van der Waals surface area contributed by atoms with Gasteiger partial charge in [0.05, 0.1) is 5.92 Å². The highest BCUT2D eigenvalue weighted by Crippen LogP contribution is 2.46. The van der Waals surface area contributed by atoms with Crippen LogP contribution in [0.15, 0.2) is 12.1 Å². The van der Waals surface area contributed by atoms with Crippen molar-refractivity contribution in [2.45, 2.75) is 51.4 Å². The molecule has 3 unspecified atom stereocenters. The quantitative estimate of drug-likeness (QED) is 0.891. The Morgan fingerprint density at radius 3 is 2.60 bits per heavy atom. The molecule has 0 spiro atoms. The number of carboxylic acid groups (broad SMARTS) is 1. The van der Waals surface area contributed by atoms with Gasteiger partial charge < -0.3 is 5.11 Å². The maximum Gasteiger partial charge on any atom is 0.306 e. The fourth-order valence-corrected chi connectivity index (χ4v) is 3.92. The third-order valence-electron chi connectivity index (χ3n) is 4.89. The summed E-state index contributed by atoms with van der Waals surface area (Å²) in [4.78, 5) is 10.9. The van der Waals surface area contributed by atoms with Crippen LogP contribution in [0.5, 0.6) is 0 Å². The Morgan fingerprint density at radius 2 is 2.00 bits per heavy atom. The fourth-order valence-electron chi connectivity index (χ4n) is 3.54. The van der Waals surface area contributed by atoms with Crippen LogP contribution in [0.1, 0.15) is 55.2 Å². The molecule has 0 aliphatic heterocycles. The van der Waals surface area contributed by atoms with Gasteiger partial charge in [-0.15, -0.1) is 0 Å². The Balaban J connectivity index is 1.74. The van der Waals surface area contributed by atoms with Crippen molar-refractivity contribution in [2.24, 2.45) is 11.8 Å². The van der Waals surface area contributed by atoms with Crippen LogP contribution in [0.2, 0.25) is 5.02 Å². The highest BCUT2D eigenvalue weighted by atomic mass is 35.5. The molecule has 108 valence electrons. The van der Waals surface area contributed by atoms with Crippen LogP contribution in [0.25, 0.3) is 0 Å². The number of aliphatic carboxylic acids is 1. The summed E-state index contributed by atoms with van der Waals surface area (Å²) in [5.41, 5.74) is 4.07. The number of benzene rings is 1. The zero-order chi connectivity index (χ0) is 14.3. The van der Waals surface area contributed by atoms with Crippen LogP contribution in [0, 0.1) is 11.8 Å². The van der Waals surface area contributed by atoms with Gasteiger partial charge in [0.25, 0.3) is 0 Å². The first kappa shape index (κ1) is 13.9. The summed E-state index contributed by atoms with van der Waals surface area (Å²) in [5.74, 6) is -0.0636. The lowest BCUT2D eigenvalue weighted by molar-refractivity contribution is -0.138. The predicted octanol–water partition coefficient (Wildman–Crippen LogP) is 4.43. The zero-order valence-corrected chi connectivity index (χ0v) is 12.6. The van der Waals surface area contributed by atoms with Gasteiger partial charge >= 0.3 is 5.97 Å². The maximum atomic E-state index is 10.9. The van der Waals surface area contributed by atoms with Crippen molar-refractivity contribution >= 4 is 17.6 Å². The molecule has 20 heavy (non-hydrogen) atoms. The molecule has 1 aromatic rings. The second-order valence-electron chi connectivity index (χ2n) is 6.43. The Labute approximate surface area is 125 Å². The summed E-state index contributed by atoms with van der Waals surface area (Å²) in [6.45, 7) is 2.17. The zero-order valence-electron chi connectivity index (χ0n) is 11.9. The van der Waals surface area contributed by atoms with Crippen LogP contribution in [0.4, 0.5) is 0 Å². The third-order valence-corrected chi connectivity index (χ3v) is 5.22. The van der Waals surface area contributed by atoms with E-state index in [4.69, 9.17) is 16.7 Å². The Bertz CT molecular complexity index is 538. The van der Waals surface area contributed by atoms with Gasteiger partial charge in [-0.05, 0) is 73.1 Å². The second kappa shape index (κ2) is 5.40. The van der Waals surface area contributed by atoms with E-state index in [2.05, 4.69) is 19.1 Å². The van der Waals surface area contributed by atoms with E-state index in [9.17, 15) is 4.79 Å². The lowest BCUT2D eigenvalue weighted by Crippen LogP contribution is -2.07. The molecule has 3 heteroatoms. The minimum absolute atomic E-state index is 0.117. The average molecular weight is 293 g/mol. The van der Waals surface area contributed by atoms with Crippen LogP contribution in [-0.2, 0) is 17.6 Å². The van der Waals surface area contributed by atoms with Crippen LogP contribution >= 0.6 is 11.6 Å². The monoisotopic (exact) mass is 292 g/mol. The summed E-state index contributed by atoms with van der Waals surface area (Å²) in [6.07, 6.45) is 6.62. The number of fused-ring (bicyclic) bond motifs is 1. The molecule has 3 rings (SSSR count). The van der Waals surface area contributed by atoms with E-state index in [0.717, 1.165) is 30.7 Å². The number of carbonyl (C=O) groups is 1. The summed E-state index contributed by atoms with van der Waals surface area (Å²) in [5, 5.41) is 9.86. The van der Waals surface area contributed by atoms with Gasteiger partial charge in [-0.25, -0.2) is 0 Å². The van der Waals surface area contributed by atoms with E-state index >= 15 is 0 Å². The van der Waals surface area contributed by atoms with Crippen molar-refractivity contribution in [1.29, 1.82) is 0 Å². The lowest BCUT2D eigenvalue weighted by Gasteiger charge is -2.21. The number of aryl methyl sites for hydroxylation is 2. The Morgan fingerprint density at radius 1 is 1.35 bits per heavy atom. The normalized spacial score (nSPS) is 25.9. The van der Waals surface area contributed by atoms with Gasteiger partial charge in [-0.2, -0.15) is 0 Å². The molecule has 0 aromatic heterocycles. The third kappa shape index (κ3) is 2.71. The largest absolute Gasteiger partial charge is 0.481 e. The number of carboxylic acids is 1. The number of rotatable bonds is 4. The Kier molecular flexibility index (Phi) is 3.76. The molecule has 0 saturated heterocycles. The molecule has 0 radical (unpaired) electrons. The van der Waals surface area contributed by atoms with Gasteiger partial charge in [-0.3, -0.25) is 4.79 Å². The van der Waals surface area contributed by atoms with Crippen molar-refractivity contribution in [3.8, 4) is 0 Å². The minimum atomic E-state index is -0.640. The standard InChI is InChI=1S/C17H21ClO2/c1-10(6-13-8-15(13)17(19)20)14-7-11-4-2-3-5-12(11)9-16(14)18/h7,9-10,13,15H,2-6,8H2,1H3,(H,19,20). The molecule has 2 nitrogen and oxygen atoms in total. The van der Waals surface area contributed by atoms with Gasteiger partial charge in [-0.1, -0.05) is 24.6 Å². The van der Waals surface area contributed by atoms with Crippen molar-refractivity contribution in [3.63, 3.8) is 0 Å². The molecular weight excluding hydrogens is 272 g/mol. The first-order valence-corrected chi connectivity index (χ1v) is 7.98. The van der Waals surface area contributed by atoms with E-state index in [0.29, 0.717) is 11.8 Å². The predicted molar refractivity (Wildman–Crippen MR) is 80.4 cm³/mol. The Hall–Kier alpha value is -1.02. The molecule has 1 fully saturated rings. The topological polar surface area (TPSA) is 37.3 Å². The average Bonchev–Trinajstić information content (AvgIpc) is 3.17. The van der Waals surface area contributed by atoms with Gasteiger partial charge in [0, 0.05) is 5.02 Å². The molecule has 0 heterocycles. The minimum Gasteiger partial charge on any atom is -0.481 e. The van der Waals surface area contributed by atoms with Crippen molar-refractivity contribution in [3.05, 3.63) is 33.8 Å².